The predicted molar refractivity (Wildman–Crippen MR) is 62.2 cm³/mol. The quantitative estimate of drug-likeness (QED) is 0.705. The topological polar surface area (TPSA) is 38.7 Å². The summed E-state index contributed by atoms with van der Waals surface area (Å²) in [5, 5.41) is 10.9. The fourth-order valence-electron chi connectivity index (χ4n) is 4.71. The molecule has 2 spiro atoms. The van der Waals surface area contributed by atoms with Crippen LogP contribution in [-0.2, 0) is 9.47 Å². The zero-order valence-corrected chi connectivity index (χ0v) is 10.4. The van der Waals surface area contributed by atoms with Crippen LogP contribution in [0.2, 0.25) is 0 Å². The normalized spacial score (nSPS) is 57.4. The van der Waals surface area contributed by atoms with Gasteiger partial charge in [-0.15, -0.1) is 0 Å². The average molecular weight is 238 g/mol. The highest BCUT2D eigenvalue weighted by molar-refractivity contribution is 5.10. The van der Waals surface area contributed by atoms with Crippen LogP contribution in [0.15, 0.2) is 0 Å². The lowest BCUT2D eigenvalue weighted by atomic mass is 9.71. The average Bonchev–Trinajstić information content (AvgIpc) is 2.52. The summed E-state index contributed by atoms with van der Waals surface area (Å²) < 4.78 is 12.6. The van der Waals surface area contributed by atoms with Crippen LogP contribution in [0.3, 0.4) is 0 Å². The van der Waals surface area contributed by atoms with E-state index in [0.29, 0.717) is 5.92 Å². The molecule has 2 bridgehead atoms. The van der Waals surface area contributed by atoms with E-state index in [4.69, 9.17) is 9.47 Å². The van der Waals surface area contributed by atoms with Crippen LogP contribution in [-0.4, -0.2) is 22.3 Å². The van der Waals surface area contributed by atoms with Crippen LogP contribution in [0.1, 0.15) is 64.2 Å². The van der Waals surface area contributed by atoms with Crippen LogP contribution in [0.25, 0.3) is 0 Å². The highest BCUT2D eigenvalue weighted by Crippen LogP contribution is 2.62. The fraction of sp³-hybridized carbons (Fsp3) is 1.00. The van der Waals surface area contributed by atoms with E-state index >= 15 is 0 Å². The van der Waals surface area contributed by atoms with Crippen LogP contribution in [0, 0.1) is 5.92 Å². The highest BCUT2D eigenvalue weighted by atomic mass is 16.8. The van der Waals surface area contributed by atoms with Gasteiger partial charge in [0.25, 0.3) is 0 Å². The Morgan fingerprint density at radius 2 is 1.65 bits per heavy atom. The van der Waals surface area contributed by atoms with Gasteiger partial charge in [0.15, 0.2) is 11.6 Å². The standard InChI is InChI=1S/C14H22O3/c15-14-9-4-3-7-12(14)10-6-11-5-1-2-8-13(11,16-12)17-14/h11,15H,1-10H2/t11-,12-,13-,14-/m0/s1. The Kier molecular flexibility index (Phi) is 2.06. The molecule has 0 aromatic rings. The van der Waals surface area contributed by atoms with Gasteiger partial charge in [-0.25, -0.2) is 0 Å². The summed E-state index contributed by atoms with van der Waals surface area (Å²) in [7, 11) is 0. The van der Waals surface area contributed by atoms with Crippen molar-refractivity contribution in [1.29, 1.82) is 0 Å². The molecule has 0 aromatic carbocycles. The molecule has 2 saturated heterocycles. The fourth-order valence-corrected chi connectivity index (χ4v) is 4.71. The van der Waals surface area contributed by atoms with E-state index in [9.17, 15) is 5.11 Å². The molecular weight excluding hydrogens is 216 g/mol. The van der Waals surface area contributed by atoms with Crippen molar-refractivity contribution in [2.45, 2.75) is 81.4 Å². The van der Waals surface area contributed by atoms with E-state index in [1.165, 1.54) is 32.1 Å². The summed E-state index contributed by atoms with van der Waals surface area (Å²) in [6.07, 6.45) is 10.9. The number of aliphatic hydroxyl groups is 1. The van der Waals surface area contributed by atoms with Crippen molar-refractivity contribution < 1.29 is 14.6 Å². The van der Waals surface area contributed by atoms with Gasteiger partial charge in [-0.2, -0.15) is 0 Å². The van der Waals surface area contributed by atoms with Gasteiger partial charge < -0.3 is 14.6 Å². The molecule has 17 heavy (non-hydrogen) atoms. The molecule has 0 unspecified atom stereocenters. The Balaban J connectivity index is 1.75. The van der Waals surface area contributed by atoms with Crippen molar-refractivity contribution >= 4 is 0 Å². The largest absolute Gasteiger partial charge is 0.363 e. The number of hydrogen-bond donors (Lipinski definition) is 1. The van der Waals surface area contributed by atoms with E-state index in [0.717, 1.165) is 32.1 Å². The third-order valence-electron chi connectivity index (χ3n) is 5.61. The predicted octanol–water partition coefficient (Wildman–Crippen LogP) is 2.71. The number of hydrogen-bond acceptors (Lipinski definition) is 3. The molecule has 1 N–H and O–H groups in total. The minimum absolute atomic E-state index is 0.362. The van der Waals surface area contributed by atoms with Gasteiger partial charge >= 0.3 is 0 Å². The van der Waals surface area contributed by atoms with Crippen molar-refractivity contribution in [2.75, 3.05) is 0 Å². The van der Waals surface area contributed by atoms with Gasteiger partial charge in [0.05, 0.1) is 0 Å². The van der Waals surface area contributed by atoms with Gasteiger partial charge in [0.1, 0.15) is 5.60 Å². The Hall–Kier alpha value is -0.120. The molecule has 3 heteroatoms. The Morgan fingerprint density at radius 3 is 2.59 bits per heavy atom. The van der Waals surface area contributed by atoms with Gasteiger partial charge in [-0.05, 0) is 38.5 Å². The smallest absolute Gasteiger partial charge is 0.198 e. The van der Waals surface area contributed by atoms with Crippen molar-refractivity contribution in [3.8, 4) is 0 Å². The molecule has 4 fully saturated rings. The summed E-state index contributed by atoms with van der Waals surface area (Å²) in [5.41, 5.74) is -0.362. The van der Waals surface area contributed by atoms with E-state index in [2.05, 4.69) is 0 Å². The number of rotatable bonds is 0. The first-order chi connectivity index (χ1) is 8.18. The molecular formula is C14H22O3. The second kappa shape index (κ2) is 3.25. The minimum Gasteiger partial charge on any atom is -0.363 e. The van der Waals surface area contributed by atoms with E-state index in [1.807, 2.05) is 0 Å². The van der Waals surface area contributed by atoms with Crippen molar-refractivity contribution in [1.82, 2.24) is 0 Å². The van der Waals surface area contributed by atoms with Crippen molar-refractivity contribution in [3.63, 3.8) is 0 Å². The Morgan fingerprint density at radius 1 is 0.824 bits per heavy atom. The van der Waals surface area contributed by atoms with Crippen molar-refractivity contribution in [3.05, 3.63) is 0 Å². The molecule has 0 amide bonds. The van der Waals surface area contributed by atoms with Crippen LogP contribution in [0.4, 0.5) is 0 Å². The van der Waals surface area contributed by atoms with Gasteiger partial charge in [-0.1, -0.05) is 12.8 Å². The maximum absolute atomic E-state index is 10.9. The lowest BCUT2D eigenvalue weighted by Gasteiger charge is -2.47. The molecule has 3 nitrogen and oxygen atoms in total. The number of ether oxygens (including phenoxy) is 2. The molecule has 2 heterocycles. The summed E-state index contributed by atoms with van der Waals surface area (Å²) in [6.45, 7) is 0. The minimum atomic E-state index is -0.975. The summed E-state index contributed by atoms with van der Waals surface area (Å²) in [6, 6.07) is 0. The third-order valence-corrected chi connectivity index (χ3v) is 5.61. The first-order valence-electron chi connectivity index (χ1n) is 7.31. The molecule has 4 rings (SSSR count). The maximum Gasteiger partial charge on any atom is 0.198 e. The molecule has 2 aliphatic heterocycles. The highest BCUT2D eigenvalue weighted by Gasteiger charge is 2.70. The lowest BCUT2D eigenvalue weighted by molar-refractivity contribution is -0.280. The molecule has 4 aliphatic rings. The maximum atomic E-state index is 10.9. The van der Waals surface area contributed by atoms with Crippen LogP contribution >= 0.6 is 0 Å². The summed E-state index contributed by atoms with van der Waals surface area (Å²) in [4.78, 5) is 0. The van der Waals surface area contributed by atoms with Crippen LogP contribution in [0.5, 0.6) is 0 Å². The van der Waals surface area contributed by atoms with Crippen LogP contribution < -0.4 is 0 Å². The summed E-state index contributed by atoms with van der Waals surface area (Å²) >= 11 is 0. The molecule has 0 radical (unpaired) electrons. The zero-order valence-electron chi connectivity index (χ0n) is 10.4. The van der Waals surface area contributed by atoms with Gasteiger partial charge in [-0.3, -0.25) is 0 Å². The van der Waals surface area contributed by atoms with E-state index in [-0.39, 0.29) is 5.60 Å². The third kappa shape index (κ3) is 1.23. The zero-order chi connectivity index (χ0) is 11.6. The first-order valence-corrected chi connectivity index (χ1v) is 7.31. The Labute approximate surface area is 102 Å². The summed E-state index contributed by atoms with van der Waals surface area (Å²) in [5.74, 6) is -0.871. The monoisotopic (exact) mass is 238 g/mol. The molecule has 96 valence electrons. The van der Waals surface area contributed by atoms with E-state index < -0.39 is 11.6 Å². The lowest BCUT2D eigenvalue weighted by Crippen LogP contribution is -2.55. The SMILES string of the molecule is O[C@]12CCCC[C@]13CC[C@@H]1CCCC[C@]1(O3)O2. The Bertz CT molecular complexity index is 340. The van der Waals surface area contributed by atoms with Crippen molar-refractivity contribution in [2.24, 2.45) is 5.92 Å². The molecule has 2 saturated carbocycles. The van der Waals surface area contributed by atoms with Gasteiger partial charge in [0.2, 0.25) is 0 Å². The second-order valence-electron chi connectivity index (χ2n) is 6.48. The second-order valence-corrected chi connectivity index (χ2v) is 6.48. The molecule has 0 aromatic heterocycles. The molecule has 2 aliphatic carbocycles. The van der Waals surface area contributed by atoms with E-state index in [1.54, 1.807) is 0 Å². The first kappa shape index (κ1) is 10.8. The molecule has 4 atom stereocenters. The van der Waals surface area contributed by atoms with Gasteiger partial charge in [0, 0.05) is 18.8 Å².